The average Bonchev–Trinajstić information content (AvgIpc) is 3.67. The summed E-state index contributed by atoms with van der Waals surface area (Å²) in [5.41, 5.74) is 5.03. The minimum atomic E-state index is -0.287. The number of epoxide rings is 2. The van der Waals surface area contributed by atoms with Gasteiger partial charge in [0.2, 0.25) is 0 Å². The molecule has 0 aromatic rings. The number of aliphatic hydroxyl groups excluding tert-OH is 2. The fourth-order valence-corrected chi connectivity index (χ4v) is 1.26. The summed E-state index contributed by atoms with van der Waals surface area (Å²) >= 11 is 5.27. The van der Waals surface area contributed by atoms with Gasteiger partial charge in [0, 0.05) is 21.5 Å². The Balaban J connectivity index is -0.0000000894. The average molecular weight is 471 g/mol. The largest absolute Gasteiger partial charge is 0.392 e. The topological polar surface area (TPSA) is 133 Å². The Morgan fingerprint density at radius 3 is 1.55 bits per heavy atom. The Kier molecular flexibility index (Phi) is 49.1. The maximum Gasteiger partial charge on any atom is 0.116 e. The molecule has 6 N–H and O–H groups in total. The summed E-state index contributed by atoms with van der Waals surface area (Å²) in [6.07, 6.45) is 4.13. The van der Waals surface area contributed by atoms with Gasteiger partial charge in [-0.05, 0) is 46.8 Å². The molecule has 4 atom stereocenters. The molecule has 0 saturated carbocycles. The fourth-order valence-electron chi connectivity index (χ4n) is 1.08. The Hall–Kier alpha value is -0.255. The molecule has 4 unspecified atom stereocenters. The number of rotatable bonds is 8. The minimum Gasteiger partial charge on any atom is -0.392 e. The zero-order valence-corrected chi connectivity index (χ0v) is 21.7. The van der Waals surface area contributed by atoms with Crippen molar-refractivity contribution in [2.45, 2.75) is 78.3 Å². The van der Waals surface area contributed by atoms with Crippen LogP contribution in [-0.2, 0) is 14.3 Å². The second kappa shape index (κ2) is 37.1. The smallest absolute Gasteiger partial charge is 0.116 e. The number of nitrogens with two attached hydrogens (primary N) is 1. The number of likely N-dealkylation sites (N-methyl/N-ethyl adjacent to an activating group) is 1. The van der Waals surface area contributed by atoms with E-state index in [2.05, 4.69) is 17.6 Å². The van der Waals surface area contributed by atoms with Crippen LogP contribution in [0.1, 0.15) is 53.9 Å². The quantitative estimate of drug-likeness (QED) is 0.154. The van der Waals surface area contributed by atoms with E-state index >= 15 is 0 Å². The molecule has 0 aromatic carbocycles. The monoisotopic (exact) mass is 470 g/mol. The van der Waals surface area contributed by atoms with E-state index in [0.717, 1.165) is 45.4 Å². The summed E-state index contributed by atoms with van der Waals surface area (Å²) in [6, 6.07) is 0. The van der Waals surface area contributed by atoms with Crippen molar-refractivity contribution in [1.29, 1.82) is 0 Å². The number of carbonyl (C=O) groups is 1. The van der Waals surface area contributed by atoms with Crippen LogP contribution in [0, 0.1) is 0 Å². The third-order valence-electron chi connectivity index (χ3n) is 3.28. The lowest BCUT2D eigenvalue weighted by Crippen LogP contribution is -2.25. The van der Waals surface area contributed by atoms with E-state index in [9.17, 15) is 0 Å². The third kappa shape index (κ3) is 58.7. The van der Waals surface area contributed by atoms with Gasteiger partial charge in [-0.25, -0.2) is 0 Å². The van der Waals surface area contributed by atoms with Gasteiger partial charge in [-0.1, -0.05) is 27.7 Å². The number of hydrogen-bond donors (Lipinski definition) is 5. The van der Waals surface area contributed by atoms with Crippen LogP contribution in [0.3, 0.4) is 0 Å². The molecule has 0 amide bonds. The highest BCUT2D eigenvalue weighted by atomic mass is 35.5. The number of nitrogens with one attached hydrogen (secondary N) is 2. The molecule has 31 heavy (non-hydrogen) atoms. The first-order valence-electron chi connectivity index (χ1n) is 10.9. The lowest BCUT2D eigenvalue weighted by molar-refractivity contribution is -0.106. The van der Waals surface area contributed by atoms with Gasteiger partial charge in [-0.15, -0.1) is 11.6 Å². The molecule has 2 saturated heterocycles. The van der Waals surface area contributed by atoms with Gasteiger partial charge in [0.25, 0.3) is 0 Å². The summed E-state index contributed by atoms with van der Waals surface area (Å²) in [5.74, 6) is 0.667. The van der Waals surface area contributed by atoms with E-state index in [0.29, 0.717) is 24.6 Å². The number of hydrogen-bond acceptors (Lipinski definition) is 8. The van der Waals surface area contributed by atoms with Gasteiger partial charge >= 0.3 is 0 Å². The number of alkyl halides is 1. The lowest BCUT2D eigenvalue weighted by Gasteiger charge is -2.05. The zero-order chi connectivity index (χ0) is 24.2. The first kappa shape index (κ1) is 41.0. The number of ether oxygens (including phenoxy) is 2. The Morgan fingerprint density at radius 2 is 1.45 bits per heavy atom. The van der Waals surface area contributed by atoms with Gasteiger partial charge in [0.05, 0.1) is 43.5 Å². The van der Waals surface area contributed by atoms with Crippen LogP contribution in [0.5, 0.6) is 0 Å². The van der Waals surface area contributed by atoms with E-state index in [-0.39, 0.29) is 20.6 Å². The van der Waals surface area contributed by atoms with Crippen molar-refractivity contribution < 1.29 is 24.5 Å². The Morgan fingerprint density at radius 1 is 1.06 bits per heavy atom. The van der Waals surface area contributed by atoms with Crippen molar-refractivity contribution in [2.24, 2.45) is 5.73 Å². The van der Waals surface area contributed by atoms with E-state index in [1.165, 1.54) is 13.3 Å². The molecule has 0 spiro atoms. The molecule has 2 fully saturated rings. The van der Waals surface area contributed by atoms with Crippen LogP contribution in [0.2, 0.25) is 0 Å². The van der Waals surface area contributed by atoms with Gasteiger partial charge in [-0.3, -0.25) is 0 Å². The second-order valence-corrected chi connectivity index (χ2v) is 6.69. The van der Waals surface area contributed by atoms with Crippen LogP contribution in [-0.4, -0.2) is 102 Å². The molecule has 8 nitrogen and oxygen atoms in total. The van der Waals surface area contributed by atoms with E-state index in [1.807, 2.05) is 34.9 Å². The molecular formula is C21H50BClN3O5. The van der Waals surface area contributed by atoms with E-state index in [4.69, 9.17) is 41.8 Å². The molecule has 0 aromatic heterocycles. The summed E-state index contributed by atoms with van der Waals surface area (Å²) in [6.45, 7) is 13.4. The molecule has 10 heteroatoms. The molecule has 2 heterocycles. The summed E-state index contributed by atoms with van der Waals surface area (Å²) in [5, 5.41) is 23.3. The van der Waals surface area contributed by atoms with Crippen molar-refractivity contribution in [2.75, 3.05) is 52.8 Å². The number of carbonyl (C=O) groups excluding carboxylic acids is 1. The highest BCUT2D eigenvalue weighted by Gasteiger charge is 2.19. The maximum absolute atomic E-state index is 8.93. The van der Waals surface area contributed by atoms with Crippen molar-refractivity contribution in [3.8, 4) is 0 Å². The van der Waals surface area contributed by atoms with Crippen molar-refractivity contribution in [1.82, 2.24) is 10.6 Å². The Labute approximate surface area is 198 Å². The molecule has 189 valence electrons. The fraction of sp³-hybridized carbons (Fsp3) is 0.952. The predicted octanol–water partition coefficient (Wildman–Crippen LogP) is 1.16. The van der Waals surface area contributed by atoms with Gasteiger partial charge in [0.15, 0.2) is 0 Å². The second-order valence-electron chi connectivity index (χ2n) is 6.38. The van der Waals surface area contributed by atoms with Crippen LogP contribution < -0.4 is 16.4 Å². The number of halogens is 1. The van der Waals surface area contributed by atoms with Crippen LogP contribution in [0.25, 0.3) is 0 Å². The van der Waals surface area contributed by atoms with Crippen molar-refractivity contribution in [3.63, 3.8) is 0 Å². The molecule has 0 aliphatic carbocycles. The van der Waals surface area contributed by atoms with Gasteiger partial charge < -0.3 is 40.8 Å². The molecule has 0 bridgehead atoms. The SMILES string of the molecule is CC=O.CCC(O)CN.CCC1CO1.CCNCC(O)CC.CNC.ClCC1CO1.[B]. The van der Waals surface area contributed by atoms with Crippen LogP contribution >= 0.6 is 11.6 Å². The highest BCUT2D eigenvalue weighted by Crippen LogP contribution is 2.11. The number of aliphatic hydroxyl groups is 2. The Bertz CT molecular complexity index is 288. The molecule has 3 radical (unpaired) electrons. The summed E-state index contributed by atoms with van der Waals surface area (Å²) in [4.78, 5) is 8.81. The van der Waals surface area contributed by atoms with Gasteiger partial charge in [0.1, 0.15) is 6.29 Å². The van der Waals surface area contributed by atoms with Crippen LogP contribution in [0.4, 0.5) is 0 Å². The molecule has 2 aliphatic heterocycles. The normalized spacial score (nSPS) is 18.4. The first-order chi connectivity index (χ1) is 14.3. The molecule has 2 aliphatic rings. The highest BCUT2D eigenvalue weighted by molar-refractivity contribution is 6.18. The zero-order valence-electron chi connectivity index (χ0n) is 20.9. The predicted molar refractivity (Wildman–Crippen MR) is 133 cm³/mol. The first-order valence-corrected chi connectivity index (χ1v) is 11.4. The molecular weight excluding hydrogens is 421 g/mol. The van der Waals surface area contributed by atoms with E-state index in [1.54, 1.807) is 0 Å². The lowest BCUT2D eigenvalue weighted by atomic mass is 10.3. The van der Waals surface area contributed by atoms with Crippen molar-refractivity contribution >= 4 is 26.3 Å². The summed E-state index contributed by atoms with van der Waals surface area (Å²) < 4.78 is 9.58. The minimum absolute atomic E-state index is 0. The van der Waals surface area contributed by atoms with Crippen LogP contribution in [0.15, 0.2) is 0 Å². The van der Waals surface area contributed by atoms with Crippen molar-refractivity contribution in [3.05, 3.63) is 0 Å². The standard InChI is InChI=1S/C6H15NO.C4H11NO.C4H8O.C3H5ClO.C2H7N.C2H4O.B/c1-3-6(8)5-7-4-2;1-2-4(6)3-5;1-2-4-3-5-4;4-1-3-2-5-3;1-3-2;1-2-3;/h6-8H,3-5H2,1-2H3;4,6H,2-3,5H2,1H3;4H,2-3H2,1H3;3H,1-2H2;3H,1-2H3;2H,1H3;. The third-order valence-corrected chi connectivity index (χ3v) is 3.62. The number of aldehydes is 1. The molecule has 2 rings (SSSR count). The van der Waals surface area contributed by atoms with Gasteiger partial charge in [-0.2, -0.15) is 0 Å². The van der Waals surface area contributed by atoms with E-state index < -0.39 is 0 Å². The summed E-state index contributed by atoms with van der Waals surface area (Å²) in [7, 11) is 3.75. The maximum atomic E-state index is 8.93.